The Balaban J connectivity index is 1.52. The molecule has 1 saturated carbocycles. The summed E-state index contributed by atoms with van der Waals surface area (Å²) in [5.74, 6) is 0.581. The van der Waals surface area contributed by atoms with Gasteiger partial charge in [-0.1, -0.05) is 30.2 Å². The van der Waals surface area contributed by atoms with Crippen LogP contribution in [0.15, 0.2) is 53.6 Å². The maximum absolute atomic E-state index is 12.1. The van der Waals surface area contributed by atoms with Gasteiger partial charge in [0.2, 0.25) is 0 Å². The molecule has 0 heterocycles. The predicted octanol–water partition coefficient (Wildman–Crippen LogP) is 4.97. The van der Waals surface area contributed by atoms with E-state index in [-0.39, 0.29) is 5.91 Å². The van der Waals surface area contributed by atoms with Crippen molar-refractivity contribution >= 4 is 23.2 Å². The molecule has 0 atom stereocenters. The number of rotatable bonds is 5. The van der Waals surface area contributed by atoms with E-state index in [0.29, 0.717) is 17.2 Å². The minimum absolute atomic E-state index is 0.178. The van der Waals surface area contributed by atoms with Crippen LogP contribution in [0.4, 0.5) is 0 Å². The first-order chi connectivity index (χ1) is 12.2. The normalized spacial score (nSPS) is 14.0. The summed E-state index contributed by atoms with van der Waals surface area (Å²) < 4.78 is 5.69. The maximum atomic E-state index is 12.1. The van der Waals surface area contributed by atoms with Crippen molar-refractivity contribution in [2.24, 2.45) is 5.10 Å². The Hall–Kier alpha value is -2.33. The van der Waals surface area contributed by atoms with Crippen LogP contribution in [-0.4, -0.2) is 11.6 Å². The van der Waals surface area contributed by atoms with Crippen LogP contribution in [0.3, 0.4) is 0 Å². The Kier molecular flexibility index (Phi) is 6.07. The third kappa shape index (κ3) is 5.33. The van der Waals surface area contributed by atoms with Crippen LogP contribution in [0.25, 0.3) is 0 Å². The summed E-state index contributed by atoms with van der Waals surface area (Å²) >= 11 is 5.85. The highest BCUT2D eigenvalue weighted by Crippen LogP contribution is 2.17. The number of carbonyl (C=O) groups excluding carboxylic acids is 1. The van der Waals surface area contributed by atoms with Crippen molar-refractivity contribution in [3.05, 3.63) is 64.7 Å². The van der Waals surface area contributed by atoms with E-state index in [1.807, 2.05) is 24.3 Å². The smallest absolute Gasteiger partial charge is 0.271 e. The lowest BCUT2D eigenvalue weighted by Gasteiger charge is -2.12. The first kappa shape index (κ1) is 17.5. The molecular formula is C20H21ClN2O2. The van der Waals surface area contributed by atoms with Gasteiger partial charge in [0.1, 0.15) is 12.4 Å². The second-order valence-corrected chi connectivity index (χ2v) is 6.56. The molecule has 0 saturated heterocycles. The number of halogens is 1. The van der Waals surface area contributed by atoms with E-state index in [4.69, 9.17) is 16.3 Å². The summed E-state index contributed by atoms with van der Waals surface area (Å²) in [6, 6.07) is 14.6. The minimum Gasteiger partial charge on any atom is -0.489 e. The molecule has 2 aromatic rings. The van der Waals surface area contributed by atoms with Gasteiger partial charge in [0, 0.05) is 16.3 Å². The van der Waals surface area contributed by atoms with E-state index in [2.05, 4.69) is 10.5 Å². The Morgan fingerprint density at radius 2 is 1.68 bits per heavy atom. The largest absolute Gasteiger partial charge is 0.489 e. The van der Waals surface area contributed by atoms with E-state index in [0.717, 1.165) is 42.7 Å². The molecule has 0 aromatic heterocycles. The fourth-order valence-electron chi connectivity index (χ4n) is 2.72. The fraction of sp³-hybridized carbons (Fsp3) is 0.300. The van der Waals surface area contributed by atoms with Gasteiger partial charge >= 0.3 is 0 Å². The molecule has 1 aliphatic carbocycles. The van der Waals surface area contributed by atoms with E-state index in [9.17, 15) is 4.79 Å². The van der Waals surface area contributed by atoms with Crippen LogP contribution in [0.5, 0.6) is 5.75 Å². The van der Waals surface area contributed by atoms with Crippen molar-refractivity contribution in [3.8, 4) is 5.75 Å². The molecule has 1 N–H and O–H groups in total. The van der Waals surface area contributed by atoms with Crippen LogP contribution in [0.1, 0.15) is 48.0 Å². The number of nitrogens with one attached hydrogen (secondary N) is 1. The number of hydrogen-bond acceptors (Lipinski definition) is 3. The second-order valence-electron chi connectivity index (χ2n) is 6.12. The van der Waals surface area contributed by atoms with Crippen molar-refractivity contribution in [1.29, 1.82) is 0 Å². The van der Waals surface area contributed by atoms with E-state index in [1.165, 1.54) is 6.42 Å². The number of amides is 1. The summed E-state index contributed by atoms with van der Waals surface area (Å²) in [5.41, 5.74) is 5.33. The van der Waals surface area contributed by atoms with Crippen molar-refractivity contribution < 1.29 is 9.53 Å². The van der Waals surface area contributed by atoms with Gasteiger partial charge in [-0.25, -0.2) is 5.43 Å². The van der Waals surface area contributed by atoms with Gasteiger partial charge in [-0.3, -0.25) is 4.79 Å². The van der Waals surface area contributed by atoms with Crippen molar-refractivity contribution in [2.75, 3.05) is 0 Å². The van der Waals surface area contributed by atoms with Crippen LogP contribution in [0.2, 0.25) is 5.02 Å². The van der Waals surface area contributed by atoms with Crippen LogP contribution in [0, 0.1) is 0 Å². The SMILES string of the molecule is O=C(NN=C1CCCCC1)c1ccc(COc2ccc(Cl)cc2)cc1. The molecule has 130 valence electrons. The topological polar surface area (TPSA) is 50.7 Å². The maximum Gasteiger partial charge on any atom is 0.271 e. The molecule has 1 aliphatic rings. The number of ether oxygens (including phenoxy) is 1. The zero-order valence-corrected chi connectivity index (χ0v) is 14.8. The minimum atomic E-state index is -0.178. The second kappa shape index (κ2) is 8.67. The summed E-state index contributed by atoms with van der Waals surface area (Å²) in [7, 11) is 0. The van der Waals surface area contributed by atoms with E-state index < -0.39 is 0 Å². The number of benzene rings is 2. The van der Waals surface area contributed by atoms with Gasteiger partial charge in [-0.2, -0.15) is 5.10 Å². The zero-order valence-electron chi connectivity index (χ0n) is 14.0. The Labute approximate surface area is 152 Å². The molecule has 0 bridgehead atoms. The first-order valence-electron chi connectivity index (χ1n) is 8.54. The monoisotopic (exact) mass is 356 g/mol. The highest BCUT2D eigenvalue weighted by atomic mass is 35.5. The van der Waals surface area contributed by atoms with Gasteiger partial charge in [-0.05, 0) is 67.6 Å². The highest BCUT2D eigenvalue weighted by Gasteiger charge is 2.09. The van der Waals surface area contributed by atoms with Crippen LogP contribution in [-0.2, 0) is 6.61 Å². The number of nitrogens with zero attached hydrogens (tertiary/aromatic N) is 1. The third-order valence-corrected chi connectivity index (χ3v) is 4.43. The molecule has 2 aromatic carbocycles. The average Bonchev–Trinajstić information content (AvgIpc) is 2.67. The van der Waals surface area contributed by atoms with Crippen LogP contribution >= 0.6 is 11.6 Å². The van der Waals surface area contributed by atoms with Gasteiger partial charge in [0.25, 0.3) is 5.91 Å². The lowest BCUT2D eigenvalue weighted by Crippen LogP contribution is -2.20. The number of carbonyl (C=O) groups is 1. The summed E-state index contributed by atoms with van der Waals surface area (Å²) in [6.07, 6.45) is 5.56. The molecule has 0 radical (unpaired) electrons. The Morgan fingerprint density at radius 3 is 2.36 bits per heavy atom. The predicted molar refractivity (Wildman–Crippen MR) is 100 cm³/mol. The average molecular weight is 357 g/mol. The highest BCUT2D eigenvalue weighted by molar-refractivity contribution is 6.30. The van der Waals surface area contributed by atoms with Crippen molar-refractivity contribution in [1.82, 2.24) is 5.43 Å². The van der Waals surface area contributed by atoms with E-state index >= 15 is 0 Å². The molecule has 25 heavy (non-hydrogen) atoms. The number of hydrogen-bond donors (Lipinski definition) is 1. The Morgan fingerprint density at radius 1 is 1.00 bits per heavy atom. The molecular weight excluding hydrogens is 336 g/mol. The number of hydrazone groups is 1. The third-order valence-electron chi connectivity index (χ3n) is 4.18. The zero-order chi connectivity index (χ0) is 17.5. The Bertz CT molecular complexity index is 731. The van der Waals surface area contributed by atoms with Gasteiger partial charge < -0.3 is 4.74 Å². The lowest BCUT2D eigenvalue weighted by atomic mass is 9.99. The van der Waals surface area contributed by atoms with Crippen molar-refractivity contribution in [3.63, 3.8) is 0 Å². The van der Waals surface area contributed by atoms with E-state index in [1.54, 1.807) is 24.3 Å². The quantitative estimate of drug-likeness (QED) is 0.769. The molecule has 0 spiro atoms. The van der Waals surface area contributed by atoms with Crippen LogP contribution < -0.4 is 10.2 Å². The standard InChI is InChI=1S/C20H21ClN2O2/c21-17-10-12-19(13-11-17)25-14-15-6-8-16(9-7-15)20(24)23-22-18-4-2-1-3-5-18/h6-13H,1-5,14H2,(H,23,24). The molecule has 1 amide bonds. The fourth-order valence-corrected chi connectivity index (χ4v) is 2.84. The van der Waals surface area contributed by atoms with Crippen molar-refractivity contribution in [2.45, 2.75) is 38.7 Å². The molecule has 0 unspecified atom stereocenters. The molecule has 1 fully saturated rings. The summed E-state index contributed by atoms with van der Waals surface area (Å²) in [6.45, 7) is 0.436. The molecule has 5 heteroatoms. The molecule has 0 aliphatic heterocycles. The summed E-state index contributed by atoms with van der Waals surface area (Å²) in [5, 5.41) is 4.93. The van der Waals surface area contributed by atoms with Gasteiger partial charge in [0.05, 0.1) is 0 Å². The lowest BCUT2D eigenvalue weighted by molar-refractivity contribution is 0.0954. The molecule has 3 rings (SSSR count). The summed E-state index contributed by atoms with van der Waals surface area (Å²) in [4.78, 5) is 12.1. The first-order valence-corrected chi connectivity index (χ1v) is 8.91. The van der Waals surface area contributed by atoms with Gasteiger partial charge in [0.15, 0.2) is 0 Å². The molecule has 4 nitrogen and oxygen atoms in total. The van der Waals surface area contributed by atoms with Gasteiger partial charge in [-0.15, -0.1) is 0 Å².